The molecule has 0 unspecified atom stereocenters. The van der Waals surface area contributed by atoms with Crippen molar-refractivity contribution in [3.05, 3.63) is 52.5 Å². The zero-order valence-corrected chi connectivity index (χ0v) is 9.31. The smallest absolute Gasteiger partial charge is 0.406 e. The summed E-state index contributed by atoms with van der Waals surface area (Å²) in [6.45, 7) is 0.0948. The number of hydrogen-bond donors (Lipinski definition) is 1. The second kappa shape index (κ2) is 5.09. The number of rotatable bonds is 4. The topological polar surface area (TPSA) is 104 Å². The monoisotopic (exact) mass is 246 g/mol. The van der Waals surface area contributed by atoms with Crippen LogP contribution in [0.3, 0.4) is 0 Å². The summed E-state index contributed by atoms with van der Waals surface area (Å²) in [6, 6.07) is 6.34. The zero-order chi connectivity index (χ0) is 13.0. The quantitative estimate of drug-likeness (QED) is 0.648. The highest BCUT2D eigenvalue weighted by Crippen LogP contribution is 2.23. The number of hydrogen-bond acceptors (Lipinski definition) is 6. The van der Waals surface area contributed by atoms with Gasteiger partial charge >= 0.3 is 5.82 Å². The number of pyridine rings is 2. The molecule has 0 fully saturated rings. The Balaban J connectivity index is 2.13. The van der Waals surface area contributed by atoms with Crippen LogP contribution in [0.2, 0.25) is 0 Å². The van der Waals surface area contributed by atoms with Crippen molar-refractivity contribution < 1.29 is 9.66 Å². The molecule has 0 aromatic carbocycles. The molecule has 0 aliphatic heterocycles. The number of ether oxygens (including phenoxy) is 1. The van der Waals surface area contributed by atoms with E-state index in [4.69, 9.17) is 10.5 Å². The molecule has 0 saturated heterocycles. The molecular formula is C11H10N4O3. The fraction of sp³-hybridized carbons (Fsp3) is 0.0909. The Bertz CT molecular complexity index is 574. The van der Waals surface area contributed by atoms with E-state index >= 15 is 0 Å². The predicted molar refractivity (Wildman–Crippen MR) is 63.9 cm³/mol. The first-order valence-electron chi connectivity index (χ1n) is 5.09. The number of nitro groups is 1. The van der Waals surface area contributed by atoms with Crippen LogP contribution in [-0.4, -0.2) is 14.9 Å². The van der Waals surface area contributed by atoms with Gasteiger partial charge in [0.1, 0.15) is 12.8 Å². The van der Waals surface area contributed by atoms with Gasteiger partial charge in [0.2, 0.25) is 5.75 Å². The molecule has 0 bridgehead atoms. The van der Waals surface area contributed by atoms with Crippen molar-refractivity contribution in [1.29, 1.82) is 0 Å². The van der Waals surface area contributed by atoms with E-state index in [0.717, 1.165) is 0 Å². The maximum atomic E-state index is 10.7. The third-order valence-corrected chi connectivity index (χ3v) is 2.14. The summed E-state index contributed by atoms with van der Waals surface area (Å²) in [5.74, 6) is -0.215. The molecule has 7 heteroatoms. The van der Waals surface area contributed by atoms with Crippen molar-refractivity contribution >= 4 is 11.5 Å². The molecule has 0 atom stereocenters. The number of nitrogen functional groups attached to an aromatic ring is 1. The van der Waals surface area contributed by atoms with E-state index in [-0.39, 0.29) is 18.2 Å². The second-order valence-electron chi connectivity index (χ2n) is 3.45. The van der Waals surface area contributed by atoms with Gasteiger partial charge in [0, 0.05) is 11.9 Å². The average Bonchev–Trinajstić information content (AvgIpc) is 2.37. The van der Waals surface area contributed by atoms with Gasteiger partial charge in [0.25, 0.3) is 0 Å². The molecule has 0 amide bonds. The van der Waals surface area contributed by atoms with Crippen molar-refractivity contribution in [2.75, 3.05) is 5.73 Å². The van der Waals surface area contributed by atoms with Gasteiger partial charge in [-0.1, -0.05) is 0 Å². The molecule has 0 aliphatic rings. The standard InChI is InChI=1S/C11H10N4O3/c12-8-3-5-13-9(6-8)7-18-10-2-1-4-14-11(10)15(16)17/h1-6H,7H2,(H2,12,13). The van der Waals surface area contributed by atoms with Crippen molar-refractivity contribution in [2.24, 2.45) is 0 Å². The number of aromatic nitrogens is 2. The van der Waals surface area contributed by atoms with Gasteiger partial charge in [-0.15, -0.1) is 0 Å². The van der Waals surface area contributed by atoms with Crippen LogP contribution in [0, 0.1) is 10.1 Å². The molecule has 92 valence electrons. The minimum atomic E-state index is -0.595. The molecule has 0 spiro atoms. The molecule has 7 nitrogen and oxygen atoms in total. The number of anilines is 1. The van der Waals surface area contributed by atoms with Gasteiger partial charge in [0.05, 0.1) is 5.69 Å². The maximum absolute atomic E-state index is 10.7. The first kappa shape index (κ1) is 11.8. The highest BCUT2D eigenvalue weighted by molar-refractivity contribution is 5.39. The summed E-state index contributed by atoms with van der Waals surface area (Å²) >= 11 is 0. The van der Waals surface area contributed by atoms with Crippen molar-refractivity contribution in [3.8, 4) is 5.75 Å². The molecular weight excluding hydrogens is 236 g/mol. The average molecular weight is 246 g/mol. The SMILES string of the molecule is Nc1ccnc(COc2cccnc2[N+](=O)[O-])c1. The molecule has 0 saturated carbocycles. The summed E-state index contributed by atoms with van der Waals surface area (Å²) in [7, 11) is 0. The molecule has 0 radical (unpaired) electrons. The van der Waals surface area contributed by atoms with E-state index in [1.54, 1.807) is 24.4 Å². The minimum Gasteiger partial charge on any atom is -0.479 e. The van der Waals surface area contributed by atoms with Crippen LogP contribution in [0.5, 0.6) is 5.75 Å². The van der Waals surface area contributed by atoms with Gasteiger partial charge in [0.15, 0.2) is 0 Å². The van der Waals surface area contributed by atoms with Gasteiger partial charge in [-0.2, -0.15) is 0 Å². The van der Waals surface area contributed by atoms with Crippen molar-refractivity contribution in [1.82, 2.24) is 9.97 Å². The first-order valence-corrected chi connectivity index (χ1v) is 5.09. The fourth-order valence-electron chi connectivity index (χ4n) is 1.36. The van der Waals surface area contributed by atoms with Gasteiger partial charge in [-0.05, 0) is 34.2 Å². The van der Waals surface area contributed by atoms with E-state index in [9.17, 15) is 10.1 Å². The Hall–Kier alpha value is -2.70. The number of nitrogens with two attached hydrogens (primary N) is 1. The van der Waals surface area contributed by atoms with Crippen molar-refractivity contribution in [3.63, 3.8) is 0 Å². The largest absolute Gasteiger partial charge is 0.479 e. The Labute approximate surface area is 102 Å². The van der Waals surface area contributed by atoms with Crippen LogP contribution in [-0.2, 0) is 6.61 Å². The predicted octanol–water partition coefficient (Wildman–Crippen LogP) is 1.55. The maximum Gasteiger partial charge on any atom is 0.406 e. The third-order valence-electron chi connectivity index (χ3n) is 2.14. The van der Waals surface area contributed by atoms with Crippen LogP contribution >= 0.6 is 0 Å². The third kappa shape index (κ3) is 2.70. The summed E-state index contributed by atoms with van der Waals surface area (Å²) < 4.78 is 5.32. The molecule has 2 rings (SSSR count). The molecule has 2 N–H and O–H groups in total. The summed E-state index contributed by atoms with van der Waals surface area (Å²) in [6.07, 6.45) is 2.88. The Kier molecular flexibility index (Phi) is 3.33. The van der Waals surface area contributed by atoms with E-state index in [0.29, 0.717) is 11.4 Å². The van der Waals surface area contributed by atoms with E-state index in [2.05, 4.69) is 9.97 Å². The highest BCUT2D eigenvalue weighted by Gasteiger charge is 2.15. The molecule has 18 heavy (non-hydrogen) atoms. The van der Waals surface area contributed by atoms with E-state index in [1.165, 1.54) is 12.3 Å². The van der Waals surface area contributed by atoms with Crippen LogP contribution in [0.1, 0.15) is 5.69 Å². The Morgan fingerprint density at radius 2 is 2.17 bits per heavy atom. The van der Waals surface area contributed by atoms with Crippen LogP contribution in [0.4, 0.5) is 11.5 Å². The second-order valence-corrected chi connectivity index (χ2v) is 3.45. The highest BCUT2D eigenvalue weighted by atomic mass is 16.6. The summed E-state index contributed by atoms with van der Waals surface area (Å²) in [5, 5.41) is 10.7. The first-order chi connectivity index (χ1) is 8.66. The molecule has 0 aliphatic carbocycles. The number of nitrogens with zero attached hydrogens (tertiary/aromatic N) is 3. The Morgan fingerprint density at radius 3 is 2.89 bits per heavy atom. The normalized spacial score (nSPS) is 10.0. The molecule has 2 aromatic rings. The molecule has 2 heterocycles. The van der Waals surface area contributed by atoms with Crippen LogP contribution < -0.4 is 10.5 Å². The Morgan fingerprint density at radius 1 is 1.33 bits per heavy atom. The lowest BCUT2D eigenvalue weighted by Gasteiger charge is -2.05. The van der Waals surface area contributed by atoms with Gasteiger partial charge in [-0.25, -0.2) is 0 Å². The van der Waals surface area contributed by atoms with Crippen LogP contribution in [0.25, 0.3) is 0 Å². The lowest BCUT2D eigenvalue weighted by Crippen LogP contribution is -2.02. The summed E-state index contributed by atoms with van der Waals surface area (Å²) in [4.78, 5) is 17.8. The van der Waals surface area contributed by atoms with E-state index in [1.807, 2.05) is 0 Å². The fourth-order valence-corrected chi connectivity index (χ4v) is 1.36. The van der Waals surface area contributed by atoms with Gasteiger partial charge in [-0.3, -0.25) is 4.98 Å². The van der Waals surface area contributed by atoms with E-state index < -0.39 is 4.92 Å². The van der Waals surface area contributed by atoms with Gasteiger partial charge < -0.3 is 20.6 Å². The minimum absolute atomic E-state index is 0.0948. The summed E-state index contributed by atoms with van der Waals surface area (Å²) in [5.41, 5.74) is 6.74. The lowest BCUT2D eigenvalue weighted by molar-refractivity contribution is -0.390. The van der Waals surface area contributed by atoms with Crippen LogP contribution in [0.15, 0.2) is 36.7 Å². The molecule has 2 aromatic heterocycles. The lowest BCUT2D eigenvalue weighted by atomic mass is 10.3. The van der Waals surface area contributed by atoms with Crippen molar-refractivity contribution in [2.45, 2.75) is 6.61 Å². The zero-order valence-electron chi connectivity index (χ0n) is 9.31.